The Hall–Kier alpha value is -1.55. The van der Waals surface area contributed by atoms with Gasteiger partial charge >= 0.3 is 5.97 Å². The number of carbonyl (C=O) groups is 1. The molecule has 0 aliphatic heterocycles. The summed E-state index contributed by atoms with van der Waals surface area (Å²) < 4.78 is 10.6. The van der Waals surface area contributed by atoms with Crippen LogP contribution in [0.5, 0.6) is 5.75 Å². The molecule has 1 aromatic rings. The van der Waals surface area contributed by atoms with E-state index < -0.39 is 12.1 Å². The first-order valence-electron chi connectivity index (χ1n) is 6.82. The minimum atomic E-state index is -1.24. The van der Waals surface area contributed by atoms with Crippen LogP contribution in [-0.2, 0) is 9.53 Å². The molecule has 19 heavy (non-hydrogen) atoms. The molecule has 0 bridgehead atoms. The number of hydrogen-bond acceptors (Lipinski definition) is 4. The Kier molecular flexibility index (Phi) is 4.80. The van der Waals surface area contributed by atoms with Crippen molar-refractivity contribution in [3.8, 4) is 5.75 Å². The highest BCUT2D eigenvalue weighted by molar-refractivity contribution is 5.76. The lowest BCUT2D eigenvalue weighted by Crippen LogP contribution is -2.16. The van der Waals surface area contributed by atoms with E-state index in [1.165, 1.54) is 12.8 Å². The topological polar surface area (TPSA) is 55.8 Å². The van der Waals surface area contributed by atoms with Crippen molar-refractivity contribution >= 4 is 5.97 Å². The van der Waals surface area contributed by atoms with E-state index >= 15 is 0 Å². The average molecular weight is 264 g/mol. The van der Waals surface area contributed by atoms with Gasteiger partial charge in [-0.05, 0) is 50.3 Å². The maximum atomic E-state index is 11.5. The third-order valence-corrected chi connectivity index (χ3v) is 3.29. The second-order valence-electron chi connectivity index (χ2n) is 4.75. The molecule has 1 aliphatic rings. The highest BCUT2D eigenvalue weighted by Gasteiger charge is 2.20. The zero-order chi connectivity index (χ0) is 13.7. The van der Waals surface area contributed by atoms with Crippen LogP contribution < -0.4 is 4.74 Å². The fourth-order valence-electron chi connectivity index (χ4n) is 2.31. The van der Waals surface area contributed by atoms with Crippen LogP contribution in [0, 0.1) is 0 Å². The molecule has 0 amide bonds. The van der Waals surface area contributed by atoms with Crippen LogP contribution in [-0.4, -0.2) is 23.8 Å². The molecule has 1 unspecified atom stereocenters. The van der Waals surface area contributed by atoms with Gasteiger partial charge in [-0.15, -0.1) is 0 Å². The van der Waals surface area contributed by atoms with Crippen LogP contribution in [0.2, 0.25) is 0 Å². The van der Waals surface area contributed by atoms with Gasteiger partial charge in [0.2, 0.25) is 0 Å². The quantitative estimate of drug-likeness (QED) is 0.830. The van der Waals surface area contributed by atoms with Gasteiger partial charge in [-0.1, -0.05) is 12.1 Å². The van der Waals surface area contributed by atoms with Crippen molar-refractivity contribution in [2.75, 3.05) is 6.61 Å². The maximum absolute atomic E-state index is 11.5. The van der Waals surface area contributed by atoms with E-state index in [4.69, 9.17) is 9.47 Å². The molecular weight excluding hydrogens is 244 g/mol. The highest BCUT2D eigenvalue weighted by Crippen LogP contribution is 2.26. The Bertz CT molecular complexity index is 424. The van der Waals surface area contributed by atoms with Crippen LogP contribution in [0.25, 0.3) is 0 Å². The SMILES string of the molecule is CCOC(=O)C(O)c1cccc(OC2CCCC2)c1. The highest BCUT2D eigenvalue weighted by atomic mass is 16.5. The number of rotatable bonds is 5. The maximum Gasteiger partial charge on any atom is 0.339 e. The van der Waals surface area contributed by atoms with Crippen molar-refractivity contribution in [3.05, 3.63) is 29.8 Å². The molecule has 1 fully saturated rings. The lowest BCUT2D eigenvalue weighted by Gasteiger charge is -2.15. The molecule has 1 N–H and O–H groups in total. The summed E-state index contributed by atoms with van der Waals surface area (Å²) in [7, 11) is 0. The second kappa shape index (κ2) is 6.57. The van der Waals surface area contributed by atoms with Gasteiger partial charge in [0.15, 0.2) is 6.10 Å². The van der Waals surface area contributed by atoms with E-state index in [9.17, 15) is 9.90 Å². The second-order valence-corrected chi connectivity index (χ2v) is 4.75. The van der Waals surface area contributed by atoms with Gasteiger partial charge in [-0.2, -0.15) is 0 Å². The third kappa shape index (κ3) is 3.70. The van der Waals surface area contributed by atoms with Crippen LogP contribution in [0.3, 0.4) is 0 Å². The molecule has 1 atom stereocenters. The molecule has 2 rings (SSSR count). The average Bonchev–Trinajstić information content (AvgIpc) is 2.91. The zero-order valence-corrected chi connectivity index (χ0v) is 11.2. The van der Waals surface area contributed by atoms with E-state index in [1.54, 1.807) is 25.1 Å². The normalized spacial score (nSPS) is 17.2. The lowest BCUT2D eigenvalue weighted by molar-refractivity contribution is -0.153. The molecule has 4 nitrogen and oxygen atoms in total. The Balaban J connectivity index is 2.03. The van der Waals surface area contributed by atoms with Crippen molar-refractivity contribution < 1.29 is 19.4 Å². The first-order chi connectivity index (χ1) is 9.20. The van der Waals surface area contributed by atoms with Crippen LogP contribution in [0.1, 0.15) is 44.3 Å². The van der Waals surface area contributed by atoms with Gasteiger partial charge in [0.05, 0.1) is 12.7 Å². The summed E-state index contributed by atoms with van der Waals surface area (Å²) >= 11 is 0. The van der Waals surface area contributed by atoms with Crippen molar-refractivity contribution in [2.24, 2.45) is 0 Å². The van der Waals surface area contributed by atoms with Crippen LogP contribution in [0.15, 0.2) is 24.3 Å². The number of hydrogen-bond donors (Lipinski definition) is 1. The standard InChI is InChI=1S/C15H20O4/c1-2-18-15(17)14(16)11-6-5-9-13(10-11)19-12-7-3-4-8-12/h5-6,9-10,12,14,16H,2-4,7-8H2,1H3. The summed E-state index contributed by atoms with van der Waals surface area (Å²) in [6, 6.07) is 7.03. The van der Waals surface area contributed by atoms with E-state index in [0.717, 1.165) is 12.8 Å². The Morgan fingerprint density at radius 2 is 2.16 bits per heavy atom. The number of benzene rings is 1. The first kappa shape index (κ1) is 13.9. The Morgan fingerprint density at radius 1 is 1.42 bits per heavy atom. The fourth-order valence-corrected chi connectivity index (χ4v) is 2.31. The summed E-state index contributed by atoms with van der Waals surface area (Å²) in [5.74, 6) is 0.0771. The van der Waals surface area contributed by atoms with Gasteiger partial charge in [0.25, 0.3) is 0 Å². The van der Waals surface area contributed by atoms with Crippen molar-refractivity contribution in [1.82, 2.24) is 0 Å². The van der Waals surface area contributed by atoms with E-state index in [2.05, 4.69) is 0 Å². The predicted molar refractivity (Wildman–Crippen MR) is 70.9 cm³/mol. The fraction of sp³-hybridized carbons (Fsp3) is 0.533. The Labute approximate surface area is 113 Å². The van der Waals surface area contributed by atoms with E-state index in [1.807, 2.05) is 6.07 Å². The molecule has 1 aromatic carbocycles. The molecule has 1 aliphatic carbocycles. The minimum absolute atomic E-state index is 0.258. The molecule has 0 radical (unpaired) electrons. The Morgan fingerprint density at radius 3 is 2.84 bits per heavy atom. The summed E-state index contributed by atoms with van der Waals surface area (Å²) in [5, 5.41) is 9.88. The number of ether oxygens (including phenoxy) is 2. The molecule has 0 heterocycles. The number of aliphatic hydroxyl groups is 1. The molecule has 0 aromatic heterocycles. The van der Waals surface area contributed by atoms with Crippen molar-refractivity contribution in [2.45, 2.75) is 44.8 Å². The van der Waals surface area contributed by atoms with E-state index in [0.29, 0.717) is 11.3 Å². The van der Waals surface area contributed by atoms with Gasteiger partial charge in [0, 0.05) is 0 Å². The summed E-state index contributed by atoms with van der Waals surface area (Å²) in [4.78, 5) is 11.5. The van der Waals surface area contributed by atoms with Gasteiger partial charge in [0.1, 0.15) is 5.75 Å². The number of carbonyl (C=O) groups excluding carboxylic acids is 1. The largest absolute Gasteiger partial charge is 0.490 e. The predicted octanol–water partition coefficient (Wildman–Crippen LogP) is 2.60. The van der Waals surface area contributed by atoms with Gasteiger partial charge in [-0.3, -0.25) is 0 Å². The molecule has 0 saturated heterocycles. The third-order valence-electron chi connectivity index (χ3n) is 3.29. The van der Waals surface area contributed by atoms with Crippen molar-refractivity contribution in [1.29, 1.82) is 0 Å². The summed E-state index contributed by atoms with van der Waals surface area (Å²) in [6.07, 6.45) is 3.57. The van der Waals surface area contributed by atoms with Crippen molar-refractivity contribution in [3.63, 3.8) is 0 Å². The van der Waals surface area contributed by atoms with Crippen LogP contribution in [0.4, 0.5) is 0 Å². The molecule has 0 spiro atoms. The van der Waals surface area contributed by atoms with Gasteiger partial charge in [-0.25, -0.2) is 4.79 Å². The number of esters is 1. The molecule has 104 valence electrons. The van der Waals surface area contributed by atoms with Crippen LogP contribution >= 0.6 is 0 Å². The summed E-state index contributed by atoms with van der Waals surface area (Å²) in [5.41, 5.74) is 0.508. The number of aliphatic hydroxyl groups excluding tert-OH is 1. The zero-order valence-electron chi connectivity index (χ0n) is 11.2. The smallest absolute Gasteiger partial charge is 0.339 e. The molecule has 4 heteroatoms. The minimum Gasteiger partial charge on any atom is -0.490 e. The van der Waals surface area contributed by atoms with Gasteiger partial charge < -0.3 is 14.6 Å². The summed E-state index contributed by atoms with van der Waals surface area (Å²) in [6.45, 7) is 1.97. The lowest BCUT2D eigenvalue weighted by atomic mass is 10.1. The van der Waals surface area contributed by atoms with E-state index in [-0.39, 0.29) is 12.7 Å². The molecule has 1 saturated carbocycles. The monoisotopic (exact) mass is 264 g/mol. The first-order valence-corrected chi connectivity index (χ1v) is 6.82. The molecular formula is C15H20O4.